The van der Waals surface area contributed by atoms with Crippen molar-refractivity contribution < 1.29 is 4.74 Å². The fourth-order valence-corrected chi connectivity index (χ4v) is 3.26. The summed E-state index contributed by atoms with van der Waals surface area (Å²) < 4.78 is 5.84. The van der Waals surface area contributed by atoms with Gasteiger partial charge in [0.1, 0.15) is 11.5 Å². The molecule has 0 saturated heterocycles. The van der Waals surface area contributed by atoms with E-state index in [4.69, 9.17) is 4.74 Å². The Morgan fingerprint density at radius 2 is 1.57 bits per heavy atom. The smallest absolute Gasteiger partial charge is 0.203 e. The van der Waals surface area contributed by atoms with Crippen LogP contribution < -0.4 is 10.2 Å². The monoisotopic (exact) mass is 385 g/mol. The minimum absolute atomic E-state index is 0.759. The van der Waals surface area contributed by atoms with Gasteiger partial charge in [0.25, 0.3) is 0 Å². The normalized spacial score (nSPS) is 10.9. The maximum atomic E-state index is 5.84. The van der Waals surface area contributed by atoms with E-state index >= 15 is 0 Å². The second kappa shape index (κ2) is 8.50. The van der Waals surface area contributed by atoms with Crippen LogP contribution >= 0.6 is 11.3 Å². The lowest BCUT2D eigenvalue weighted by Crippen LogP contribution is -1.90. The highest BCUT2D eigenvalue weighted by Crippen LogP contribution is 2.25. The number of aryl methyl sites for hydroxylation is 1. The fraction of sp³-hybridized carbons (Fsp3) is 0.0435. The largest absolute Gasteiger partial charge is 0.457 e. The Labute approximate surface area is 168 Å². The number of thiazole rings is 1. The van der Waals surface area contributed by atoms with Gasteiger partial charge in [-0.3, -0.25) is 5.43 Å². The Hall–Kier alpha value is -3.44. The van der Waals surface area contributed by atoms with Crippen LogP contribution in [0.2, 0.25) is 0 Å². The fourth-order valence-electron chi connectivity index (χ4n) is 2.59. The Bertz CT molecular complexity index is 1060. The number of rotatable bonds is 6. The Balaban J connectivity index is 1.35. The second-order valence-corrected chi connectivity index (χ2v) is 7.12. The molecule has 0 aliphatic heterocycles. The van der Waals surface area contributed by atoms with E-state index < -0.39 is 0 Å². The van der Waals surface area contributed by atoms with Crippen molar-refractivity contribution in [2.24, 2.45) is 5.10 Å². The van der Waals surface area contributed by atoms with Crippen LogP contribution in [0, 0.1) is 6.92 Å². The lowest BCUT2D eigenvalue weighted by atomic mass is 10.2. The summed E-state index contributed by atoms with van der Waals surface area (Å²) >= 11 is 1.53. The molecule has 0 atom stereocenters. The van der Waals surface area contributed by atoms with Crippen molar-refractivity contribution in [3.8, 4) is 22.8 Å². The second-order valence-electron chi connectivity index (χ2n) is 6.26. The zero-order valence-corrected chi connectivity index (χ0v) is 16.2. The van der Waals surface area contributed by atoms with Gasteiger partial charge < -0.3 is 4.74 Å². The average molecular weight is 385 g/mol. The quantitative estimate of drug-likeness (QED) is 0.310. The molecule has 0 fully saturated rings. The standard InChI is InChI=1S/C23H19N3OS/c1-17-7-11-20(12-8-17)27-21-13-9-18(10-14-21)15-24-26-23-25-22(16-28-23)19-5-3-2-4-6-19/h2-16H,1H3,(H,25,26). The van der Waals surface area contributed by atoms with Gasteiger partial charge in [-0.25, -0.2) is 4.98 Å². The predicted molar refractivity (Wildman–Crippen MR) is 116 cm³/mol. The Morgan fingerprint density at radius 1 is 0.893 bits per heavy atom. The van der Waals surface area contributed by atoms with E-state index in [1.54, 1.807) is 6.21 Å². The van der Waals surface area contributed by atoms with E-state index in [9.17, 15) is 0 Å². The van der Waals surface area contributed by atoms with Crippen LogP contribution in [0.25, 0.3) is 11.3 Å². The number of anilines is 1. The molecule has 4 rings (SSSR count). The molecule has 1 aromatic heterocycles. The first kappa shape index (κ1) is 17.9. The summed E-state index contributed by atoms with van der Waals surface area (Å²) in [5.41, 5.74) is 7.22. The van der Waals surface area contributed by atoms with Crippen LogP contribution in [0.1, 0.15) is 11.1 Å². The molecule has 1 heterocycles. The summed E-state index contributed by atoms with van der Waals surface area (Å²) in [6, 6.07) is 25.9. The van der Waals surface area contributed by atoms with Crippen molar-refractivity contribution in [1.82, 2.24) is 4.98 Å². The molecular formula is C23H19N3OS. The van der Waals surface area contributed by atoms with Crippen LogP contribution in [0.3, 0.4) is 0 Å². The Morgan fingerprint density at radius 3 is 2.29 bits per heavy atom. The van der Waals surface area contributed by atoms with Gasteiger partial charge in [-0.2, -0.15) is 5.10 Å². The van der Waals surface area contributed by atoms with Crippen molar-refractivity contribution in [2.75, 3.05) is 5.43 Å². The van der Waals surface area contributed by atoms with Gasteiger partial charge in [0.05, 0.1) is 11.9 Å². The summed E-state index contributed by atoms with van der Waals surface area (Å²) in [6.45, 7) is 2.06. The number of aromatic nitrogens is 1. The van der Waals surface area contributed by atoms with Gasteiger partial charge >= 0.3 is 0 Å². The van der Waals surface area contributed by atoms with E-state index in [2.05, 4.69) is 22.4 Å². The first-order chi connectivity index (χ1) is 13.8. The van der Waals surface area contributed by atoms with Gasteiger partial charge in [-0.15, -0.1) is 11.3 Å². The SMILES string of the molecule is Cc1ccc(Oc2ccc(C=NNc3nc(-c4ccccc4)cs3)cc2)cc1. The first-order valence-electron chi connectivity index (χ1n) is 8.91. The number of hydrogen-bond donors (Lipinski definition) is 1. The third kappa shape index (κ3) is 4.64. The molecule has 4 nitrogen and oxygen atoms in total. The molecule has 1 N–H and O–H groups in total. The van der Waals surface area contributed by atoms with E-state index in [1.165, 1.54) is 16.9 Å². The van der Waals surface area contributed by atoms with Crippen molar-refractivity contribution in [3.63, 3.8) is 0 Å². The number of nitrogens with one attached hydrogen (secondary N) is 1. The van der Waals surface area contributed by atoms with Crippen LogP contribution in [-0.4, -0.2) is 11.2 Å². The van der Waals surface area contributed by atoms with Crippen LogP contribution in [0.5, 0.6) is 11.5 Å². The van der Waals surface area contributed by atoms with Crippen LogP contribution in [0.4, 0.5) is 5.13 Å². The van der Waals surface area contributed by atoms with Gasteiger partial charge in [0.2, 0.25) is 5.13 Å². The van der Waals surface area contributed by atoms with Gasteiger partial charge in [-0.05, 0) is 48.9 Å². The molecule has 0 radical (unpaired) electrons. The zero-order chi connectivity index (χ0) is 19.2. The Kier molecular flexibility index (Phi) is 5.45. The summed E-state index contributed by atoms with van der Waals surface area (Å²) in [4.78, 5) is 4.55. The highest BCUT2D eigenvalue weighted by molar-refractivity contribution is 7.14. The predicted octanol–water partition coefficient (Wildman–Crippen LogP) is 6.36. The summed E-state index contributed by atoms with van der Waals surface area (Å²) in [7, 11) is 0. The van der Waals surface area contributed by atoms with Crippen molar-refractivity contribution >= 4 is 22.7 Å². The first-order valence-corrected chi connectivity index (χ1v) is 9.79. The summed E-state index contributed by atoms with van der Waals surface area (Å²) in [5.74, 6) is 1.62. The topological polar surface area (TPSA) is 46.5 Å². The van der Waals surface area contributed by atoms with Crippen LogP contribution in [-0.2, 0) is 0 Å². The third-order valence-corrected chi connectivity index (χ3v) is 4.83. The summed E-state index contributed by atoms with van der Waals surface area (Å²) in [5, 5.41) is 7.05. The van der Waals surface area contributed by atoms with Crippen molar-refractivity contribution in [2.45, 2.75) is 6.92 Å². The highest BCUT2D eigenvalue weighted by Gasteiger charge is 2.03. The number of nitrogens with zero attached hydrogens (tertiary/aromatic N) is 2. The van der Waals surface area contributed by atoms with E-state index in [0.29, 0.717) is 0 Å². The van der Waals surface area contributed by atoms with E-state index in [0.717, 1.165) is 33.5 Å². The maximum absolute atomic E-state index is 5.84. The van der Waals surface area contributed by atoms with Gasteiger partial charge in [-0.1, -0.05) is 48.0 Å². The number of hydrazone groups is 1. The molecule has 0 bridgehead atoms. The third-order valence-electron chi connectivity index (χ3n) is 4.08. The van der Waals surface area contributed by atoms with E-state index in [-0.39, 0.29) is 0 Å². The minimum atomic E-state index is 0.759. The molecule has 4 aromatic rings. The molecule has 5 heteroatoms. The maximum Gasteiger partial charge on any atom is 0.203 e. The lowest BCUT2D eigenvalue weighted by Gasteiger charge is -2.06. The van der Waals surface area contributed by atoms with Crippen LogP contribution in [0.15, 0.2) is 89.3 Å². The molecular weight excluding hydrogens is 366 g/mol. The molecule has 0 spiro atoms. The molecule has 138 valence electrons. The van der Waals surface area contributed by atoms with E-state index in [1.807, 2.05) is 84.2 Å². The highest BCUT2D eigenvalue weighted by atomic mass is 32.1. The zero-order valence-electron chi connectivity index (χ0n) is 15.4. The average Bonchev–Trinajstić information content (AvgIpc) is 3.21. The molecule has 0 unspecified atom stereocenters. The van der Waals surface area contributed by atoms with Gasteiger partial charge in [0, 0.05) is 10.9 Å². The lowest BCUT2D eigenvalue weighted by molar-refractivity contribution is 0.482. The molecule has 0 aliphatic rings. The molecule has 3 aromatic carbocycles. The minimum Gasteiger partial charge on any atom is -0.457 e. The molecule has 0 amide bonds. The van der Waals surface area contributed by atoms with Crippen molar-refractivity contribution in [3.05, 3.63) is 95.4 Å². The van der Waals surface area contributed by atoms with Crippen molar-refractivity contribution in [1.29, 1.82) is 0 Å². The molecule has 0 aliphatic carbocycles. The number of ether oxygens (including phenoxy) is 1. The molecule has 0 saturated carbocycles. The number of benzene rings is 3. The number of hydrogen-bond acceptors (Lipinski definition) is 5. The summed E-state index contributed by atoms with van der Waals surface area (Å²) in [6.07, 6.45) is 1.76. The van der Waals surface area contributed by atoms with Gasteiger partial charge in [0.15, 0.2) is 0 Å². The molecule has 28 heavy (non-hydrogen) atoms.